The first-order valence-electron chi connectivity index (χ1n) is 11.2. The van der Waals surface area contributed by atoms with Crippen LogP contribution in [0.25, 0.3) is 0 Å². The van der Waals surface area contributed by atoms with E-state index in [1.165, 1.54) is 5.57 Å². The maximum Gasteiger partial charge on any atom is 0.303 e. The second-order valence-electron chi connectivity index (χ2n) is 9.64. The van der Waals surface area contributed by atoms with E-state index in [0.717, 1.165) is 42.5 Å². The number of aliphatic carboxylic acids is 1. The fraction of sp³-hybridized carbons (Fsp3) is 0.560. The molecule has 3 aliphatic carbocycles. The van der Waals surface area contributed by atoms with Crippen LogP contribution < -0.4 is 4.72 Å². The molecule has 31 heavy (non-hydrogen) atoms. The Kier molecular flexibility index (Phi) is 7.30. The van der Waals surface area contributed by atoms with Gasteiger partial charge in [0.05, 0.1) is 5.75 Å². The van der Waals surface area contributed by atoms with Crippen molar-refractivity contribution in [1.82, 2.24) is 4.72 Å². The van der Waals surface area contributed by atoms with Crippen molar-refractivity contribution in [3.8, 4) is 0 Å². The lowest BCUT2D eigenvalue weighted by Crippen LogP contribution is -2.51. The van der Waals surface area contributed by atoms with Crippen molar-refractivity contribution in [2.24, 2.45) is 17.3 Å². The summed E-state index contributed by atoms with van der Waals surface area (Å²) in [6.45, 7) is 6.58. The molecule has 1 saturated carbocycles. The summed E-state index contributed by atoms with van der Waals surface area (Å²) < 4.78 is 28.6. The normalized spacial score (nSPS) is 22.4. The average molecular weight is 446 g/mol. The van der Waals surface area contributed by atoms with E-state index in [4.69, 9.17) is 5.11 Å². The number of fused-ring (bicyclic) bond motifs is 1. The van der Waals surface area contributed by atoms with E-state index in [1.807, 2.05) is 37.3 Å². The van der Waals surface area contributed by atoms with Gasteiger partial charge in [0, 0.05) is 12.1 Å². The van der Waals surface area contributed by atoms with E-state index in [9.17, 15) is 13.2 Å². The van der Waals surface area contributed by atoms with Crippen molar-refractivity contribution in [2.75, 3.05) is 5.75 Å². The highest BCUT2D eigenvalue weighted by molar-refractivity contribution is 7.89. The number of aryl methyl sites for hydroxylation is 2. The first kappa shape index (κ1) is 23.6. The van der Waals surface area contributed by atoms with E-state index in [1.54, 1.807) is 0 Å². The van der Waals surface area contributed by atoms with Crippen LogP contribution in [-0.2, 0) is 21.2 Å². The molecule has 2 N–H and O–H groups in total. The van der Waals surface area contributed by atoms with Gasteiger partial charge in [0.1, 0.15) is 0 Å². The number of benzene rings is 1. The van der Waals surface area contributed by atoms with Crippen molar-refractivity contribution in [3.05, 3.63) is 58.8 Å². The van der Waals surface area contributed by atoms with Crippen LogP contribution in [0.3, 0.4) is 0 Å². The zero-order valence-electron chi connectivity index (χ0n) is 18.9. The molecule has 6 heteroatoms. The molecule has 0 amide bonds. The zero-order chi connectivity index (χ0) is 22.6. The van der Waals surface area contributed by atoms with Crippen molar-refractivity contribution in [3.63, 3.8) is 0 Å². The third-order valence-electron chi connectivity index (χ3n) is 7.02. The summed E-state index contributed by atoms with van der Waals surface area (Å²) in [6, 6.07) is 7.98. The number of hydrogen-bond donors (Lipinski definition) is 2. The molecule has 4 rings (SSSR count). The smallest absolute Gasteiger partial charge is 0.303 e. The Hall–Kier alpha value is -2.08. The van der Waals surface area contributed by atoms with Crippen LogP contribution >= 0.6 is 0 Å². The Balaban J connectivity index is 1.67. The Bertz CT molecular complexity index is 975. The van der Waals surface area contributed by atoms with Gasteiger partial charge in [-0.05, 0) is 73.8 Å². The zero-order valence-corrected chi connectivity index (χ0v) is 19.7. The molecule has 5 nitrogen and oxygen atoms in total. The number of unbranched alkanes of at least 4 members (excludes halogenated alkanes) is 1. The molecule has 3 aliphatic rings. The molecule has 2 bridgehead atoms. The van der Waals surface area contributed by atoms with Gasteiger partial charge in [0.25, 0.3) is 0 Å². The molecule has 0 aliphatic heterocycles. The first-order chi connectivity index (χ1) is 14.6. The highest BCUT2D eigenvalue weighted by Gasteiger charge is 2.53. The molecule has 0 spiro atoms. The minimum atomic E-state index is -3.41. The summed E-state index contributed by atoms with van der Waals surface area (Å²) in [4.78, 5) is 10.6. The maximum absolute atomic E-state index is 12.8. The fourth-order valence-corrected chi connectivity index (χ4v) is 6.17. The van der Waals surface area contributed by atoms with E-state index < -0.39 is 16.0 Å². The maximum atomic E-state index is 12.8. The Morgan fingerprint density at radius 2 is 2.06 bits per heavy atom. The number of nitrogens with one attached hydrogen (secondary N) is 1. The lowest BCUT2D eigenvalue weighted by Gasteiger charge is -2.58. The van der Waals surface area contributed by atoms with Crippen molar-refractivity contribution in [2.45, 2.75) is 65.7 Å². The van der Waals surface area contributed by atoms with Crippen LogP contribution in [0.15, 0.2) is 47.7 Å². The SMILES string of the molecule is Cc1cccc(CCS(=O)(=O)NC2=C(CC=CCCCC(=O)O)C3CC(C2)C3(C)C)c1. The number of carboxylic acid groups (broad SMARTS) is 1. The largest absolute Gasteiger partial charge is 0.481 e. The predicted octanol–water partition coefficient (Wildman–Crippen LogP) is 4.98. The standard InChI is InChI=1S/C25H35NO4S/c1-18-9-8-10-19(15-18)13-14-31(29,30)26-23-17-20-16-22(25(20,2)3)21(23)11-6-4-5-7-12-24(27)28/h4,6,8-10,15,20,22,26H,5,7,11-14,16-17H2,1-3H3,(H,27,28). The quantitative estimate of drug-likeness (QED) is 0.372. The number of rotatable bonds is 11. The van der Waals surface area contributed by atoms with Gasteiger partial charge in [0.15, 0.2) is 0 Å². The molecule has 0 radical (unpaired) electrons. The van der Waals surface area contributed by atoms with Crippen LogP contribution in [0.5, 0.6) is 0 Å². The summed E-state index contributed by atoms with van der Waals surface area (Å²) in [5.41, 5.74) is 4.48. The van der Waals surface area contributed by atoms with Gasteiger partial charge in [-0.1, -0.05) is 55.8 Å². The van der Waals surface area contributed by atoms with Gasteiger partial charge in [-0.3, -0.25) is 9.52 Å². The molecule has 1 fully saturated rings. The van der Waals surface area contributed by atoms with Crippen molar-refractivity contribution >= 4 is 16.0 Å². The average Bonchev–Trinajstić information content (AvgIpc) is 2.69. The Morgan fingerprint density at radius 1 is 1.29 bits per heavy atom. The highest BCUT2D eigenvalue weighted by Crippen LogP contribution is 2.61. The minimum absolute atomic E-state index is 0.0803. The summed E-state index contributed by atoms with van der Waals surface area (Å²) in [5.74, 6) is 0.240. The third-order valence-corrected chi connectivity index (χ3v) is 8.31. The van der Waals surface area contributed by atoms with E-state index >= 15 is 0 Å². The molecule has 0 saturated heterocycles. The first-order valence-corrected chi connectivity index (χ1v) is 12.9. The monoisotopic (exact) mass is 445 g/mol. The molecule has 1 aromatic rings. The van der Waals surface area contributed by atoms with Crippen LogP contribution in [-0.4, -0.2) is 25.2 Å². The van der Waals surface area contributed by atoms with Gasteiger partial charge in [0.2, 0.25) is 10.0 Å². The van der Waals surface area contributed by atoms with Crippen LogP contribution in [0.2, 0.25) is 0 Å². The molecule has 2 unspecified atom stereocenters. The van der Waals surface area contributed by atoms with Gasteiger partial charge in [-0.2, -0.15) is 0 Å². The number of carbonyl (C=O) groups is 1. The van der Waals surface area contributed by atoms with Gasteiger partial charge in [-0.15, -0.1) is 0 Å². The summed E-state index contributed by atoms with van der Waals surface area (Å²) in [6.07, 6.45) is 8.78. The van der Waals surface area contributed by atoms with Gasteiger partial charge < -0.3 is 5.11 Å². The Morgan fingerprint density at radius 3 is 2.74 bits per heavy atom. The fourth-order valence-electron chi connectivity index (χ4n) is 4.97. The van der Waals surface area contributed by atoms with Crippen molar-refractivity contribution < 1.29 is 18.3 Å². The van der Waals surface area contributed by atoms with Gasteiger partial charge >= 0.3 is 5.97 Å². The van der Waals surface area contributed by atoms with Gasteiger partial charge in [-0.25, -0.2) is 8.42 Å². The van der Waals surface area contributed by atoms with Crippen molar-refractivity contribution in [1.29, 1.82) is 0 Å². The Labute approximate surface area is 186 Å². The molecule has 170 valence electrons. The molecular weight excluding hydrogens is 410 g/mol. The molecule has 0 aromatic heterocycles. The topological polar surface area (TPSA) is 83.5 Å². The van der Waals surface area contributed by atoms with Crippen LogP contribution in [0.4, 0.5) is 0 Å². The summed E-state index contributed by atoms with van der Waals surface area (Å²) in [5, 5.41) is 8.75. The highest BCUT2D eigenvalue weighted by atomic mass is 32.2. The number of allylic oxidation sites excluding steroid dienone is 4. The molecule has 1 aromatic carbocycles. The summed E-state index contributed by atoms with van der Waals surface area (Å²) >= 11 is 0. The van der Waals surface area contributed by atoms with E-state index in [2.05, 4.69) is 24.6 Å². The molecule has 2 atom stereocenters. The third kappa shape index (κ3) is 6.00. The minimum Gasteiger partial charge on any atom is -0.481 e. The van der Waals surface area contributed by atoms with Crippen LogP contribution in [0.1, 0.15) is 63.5 Å². The molecular formula is C25H35NO4S. The predicted molar refractivity (Wildman–Crippen MR) is 124 cm³/mol. The lowest BCUT2D eigenvalue weighted by molar-refractivity contribution is -0.137. The van der Waals surface area contributed by atoms with Crippen LogP contribution in [0, 0.1) is 24.2 Å². The second-order valence-corrected chi connectivity index (χ2v) is 11.5. The number of sulfonamides is 1. The number of hydrogen-bond acceptors (Lipinski definition) is 3. The molecule has 0 heterocycles. The second kappa shape index (κ2) is 9.60. The van der Waals surface area contributed by atoms with E-state index in [-0.39, 0.29) is 17.6 Å². The van der Waals surface area contributed by atoms with E-state index in [0.29, 0.717) is 24.7 Å². The summed E-state index contributed by atoms with van der Waals surface area (Å²) in [7, 11) is -3.41. The lowest BCUT2D eigenvalue weighted by atomic mass is 9.48. The number of carboxylic acids is 1.